The van der Waals surface area contributed by atoms with Gasteiger partial charge in [0.25, 0.3) is 17.7 Å². The van der Waals surface area contributed by atoms with Crippen molar-refractivity contribution in [3.8, 4) is 0 Å². The molecule has 5 saturated heterocycles. The van der Waals surface area contributed by atoms with E-state index in [1.807, 2.05) is 23.1 Å². The van der Waals surface area contributed by atoms with Crippen molar-refractivity contribution in [2.24, 2.45) is 11.7 Å². The maximum atomic E-state index is 13.5. The van der Waals surface area contributed by atoms with E-state index in [1.54, 1.807) is 12.1 Å². The number of aromatic nitrogens is 3. The van der Waals surface area contributed by atoms with Crippen LogP contribution >= 0.6 is 0 Å². The second kappa shape index (κ2) is 18.0. The van der Waals surface area contributed by atoms with Crippen LogP contribution in [0, 0.1) is 5.92 Å². The quantitative estimate of drug-likeness (QED) is 0.234. The Kier molecular flexibility index (Phi) is 11.8. The minimum absolute atomic E-state index is 0.0242. The van der Waals surface area contributed by atoms with Crippen molar-refractivity contribution in [3.63, 3.8) is 0 Å². The van der Waals surface area contributed by atoms with Crippen LogP contribution in [0.2, 0.25) is 0 Å². The van der Waals surface area contributed by atoms with Gasteiger partial charge < -0.3 is 35.6 Å². The maximum absolute atomic E-state index is 13.5. The molecule has 18 heteroatoms. The number of carbonyl (C=O) groups excluding carboxylic acids is 6. The Morgan fingerprint density at radius 2 is 1.43 bits per heavy atom. The summed E-state index contributed by atoms with van der Waals surface area (Å²) >= 11 is 0. The molecule has 4 N–H and O–H groups in total. The minimum Gasteiger partial charge on any atom is -0.371 e. The fraction of sp³-hybridized carbons (Fsp3) is 0.553. The van der Waals surface area contributed by atoms with Crippen molar-refractivity contribution in [2.45, 2.75) is 101 Å². The van der Waals surface area contributed by atoms with Crippen LogP contribution < -0.4 is 26.2 Å². The number of nitrogens with two attached hydrogens (primary N) is 1. The molecule has 0 spiro atoms. The third-order valence-electron chi connectivity index (χ3n) is 15.0. The molecule has 0 bridgehead atoms. The third-order valence-corrected chi connectivity index (χ3v) is 15.0. The van der Waals surface area contributed by atoms with Gasteiger partial charge in [-0.25, -0.2) is 4.79 Å². The lowest BCUT2D eigenvalue weighted by molar-refractivity contribution is -0.136. The highest BCUT2D eigenvalue weighted by molar-refractivity contribution is 6.23. The van der Waals surface area contributed by atoms with Gasteiger partial charge in [-0.1, -0.05) is 25.0 Å². The second-order valence-electron chi connectivity index (χ2n) is 19.0. The van der Waals surface area contributed by atoms with Gasteiger partial charge in [0.1, 0.15) is 6.04 Å². The molecule has 2 aromatic carbocycles. The summed E-state index contributed by atoms with van der Waals surface area (Å²) in [4.78, 5) is 93.4. The Morgan fingerprint density at radius 1 is 0.723 bits per heavy atom. The van der Waals surface area contributed by atoms with E-state index in [-0.39, 0.29) is 36.4 Å². The normalized spacial score (nSPS) is 24.1. The molecule has 6 aliphatic heterocycles. The molecule has 1 aliphatic carbocycles. The molecule has 10 rings (SSSR count). The van der Waals surface area contributed by atoms with Crippen molar-refractivity contribution in [1.82, 2.24) is 40.1 Å². The van der Waals surface area contributed by atoms with Crippen molar-refractivity contribution in [3.05, 3.63) is 64.8 Å². The van der Waals surface area contributed by atoms with Crippen LogP contribution in [-0.2, 0) is 9.59 Å². The van der Waals surface area contributed by atoms with Crippen molar-refractivity contribution in [2.75, 3.05) is 74.0 Å². The fourth-order valence-electron chi connectivity index (χ4n) is 11.4. The molecular weight excluding hydrogens is 829 g/mol. The summed E-state index contributed by atoms with van der Waals surface area (Å²) in [5.74, 6) is -1.00. The van der Waals surface area contributed by atoms with Crippen LogP contribution in [0.15, 0.2) is 42.5 Å². The van der Waals surface area contributed by atoms with Gasteiger partial charge in [-0.15, -0.1) is 10.2 Å². The largest absolute Gasteiger partial charge is 0.371 e. The van der Waals surface area contributed by atoms with Crippen molar-refractivity contribution in [1.29, 1.82) is 0 Å². The first-order valence-corrected chi connectivity index (χ1v) is 23.6. The standard InChI is InChI=1S/C47H58N12O6/c48-41(61)40-42(51-46(53-52-40)56-19-3-6-35(28-56)58-25-24-57(47(58)65)33-4-1-2-5-33)49-32-9-7-30(8-10-32)31-17-20-54(21-18-31)27-29-15-22-55(23-16-29)34-11-12-36-37(26-34)45(64)59(44(36)63)38-13-14-39(60)50-43(38)62/h7-12,26,29,31,33,35,38H,1-6,13-25,27-28H2,(H2,48,61)(H,49,51,53)(H,50,60,62). The summed E-state index contributed by atoms with van der Waals surface area (Å²) in [6.45, 7) is 7.67. The van der Waals surface area contributed by atoms with E-state index >= 15 is 0 Å². The molecule has 18 nitrogen and oxygen atoms in total. The van der Waals surface area contributed by atoms with Crippen LogP contribution in [0.5, 0.6) is 0 Å². The second-order valence-corrected chi connectivity index (χ2v) is 19.0. The monoisotopic (exact) mass is 886 g/mol. The van der Waals surface area contributed by atoms with E-state index in [2.05, 4.69) is 52.6 Å². The highest BCUT2D eigenvalue weighted by Crippen LogP contribution is 2.35. The predicted octanol–water partition coefficient (Wildman–Crippen LogP) is 3.86. The van der Waals surface area contributed by atoms with Gasteiger partial charge in [-0.3, -0.25) is 34.2 Å². The van der Waals surface area contributed by atoms with Gasteiger partial charge in [-0.2, -0.15) is 4.98 Å². The molecule has 7 heterocycles. The number of imide groups is 2. The van der Waals surface area contributed by atoms with Crippen LogP contribution in [0.1, 0.15) is 120 Å². The molecule has 7 amide bonds. The molecule has 0 radical (unpaired) electrons. The van der Waals surface area contributed by atoms with E-state index in [9.17, 15) is 28.8 Å². The molecule has 342 valence electrons. The number of nitrogens with zero attached hydrogens (tertiary/aromatic N) is 9. The van der Waals surface area contributed by atoms with E-state index in [0.29, 0.717) is 41.5 Å². The topological polar surface area (TPSA) is 211 Å². The molecule has 2 unspecified atom stereocenters. The van der Waals surface area contributed by atoms with Gasteiger partial charge in [0.15, 0.2) is 11.5 Å². The number of hydrogen-bond donors (Lipinski definition) is 3. The summed E-state index contributed by atoms with van der Waals surface area (Å²) in [6, 6.07) is 13.3. The zero-order valence-electron chi connectivity index (χ0n) is 36.8. The van der Waals surface area contributed by atoms with Crippen LogP contribution in [0.25, 0.3) is 0 Å². The lowest BCUT2D eigenvalue weighted by atomic mass is 9.88. The van der Waals surface area contributed by atoms with Crippen molar-refractivity contribution >= 4 is 58.7 Å². The first-order valence-electron chi connectivity index (χ1n) is 23.6. The molecule has 7 aliphatic rings. The Balaban J connectivity index is 0.699. The van der Waals surface area contributed by atoms with Gasteiger partial charge in [0.2, 0.25) is 17.8 Å². The molecular formula is C47H58N12O6. The summed E-state index contributed by atoms with van der Waals surface area (Å²) in [7, 11) is 0. The van der Waals surface area contributed by atoms with Crippen LogP contribution in [0.4, 0.5) is 27.9 Å². The zero-order chi connectivity index (χ0) is 44.8. The number of amides is 7. The van der Waals surface area contributed by atoms with E-state index in [1.165, 1.54) is 18.4 Å². The van der Waals surface area contributed by atoms with Crippen LogP contribution in [0.3, 0.4) is 0 Å². The van der Waals surface area contributed by atoms with E-state index in [0.717, 1.165) is 120 Å². The highest BCUT2D eigenvalue weighted by Gasteiger charge is 2.45. The highest BCUT2D eigenvalue weighted by atomic mass is 16.2. The number of nitrogens with one attached hydrogen (secondary N) is 2. The Morgan fingerprint density at radius 3 is 2.15 bits per heavy atom. The minimum atomic E-state index is -0.974. The number of carbonyl (C=O) groups is 6. The molecule has 1 saturated carbocycles. The number of fused-ring (bicyclic) bond motifs is 1. The smallest absolute Gasteiger partial charge is 0.320 e. The first kappa shape index (κ1) is 42.8. The van der Waals surface area contributed by atoms with Crippen molar-refractivity contribution < 1.29 is 28.8 Å². The molecule has 2 atom stereocenters. The Hall–Kier alpha value is -6.17. The van der Waals surface area contributed by atoms with Gasteiger partial charge in [0.05, 0.1) is 17.2 Å². The van der Waals surface area contributed by atoms with Gasteiger partial charge in [-0.05, 0) is 119 Å². The van der Waals surface area contributed by atoms with Gasteiger partial charge >= 0.3 is 6.03 Å². The number of benzene rings is 2. The Labute approximate surface area is 378 Å². The average Bonchev–Trinajstić information content (AvgIpc) is 4.05. The lowest BCUT2D eigenvalue weighted by Crippen LogP contribution is -2.54. The number of primary amides is 1. The number of urea groups is 1. The summed E-state index contributed by atoms with van der Waals surface area (Å²) < 4.78 is 0. The number of hydrogen-bond acceptors (Lipinski definition) is 13. The summed E-state index contributed by atoms with van der Waals surface area (Å²) in [6.07, 6.45) is 10.8. The predicted molar refractivity (Wildman–Crippen MR) is 241 cm³/mol. The molecule has 1 aromatic heterocycles. The molecule has 65 heavy (non-hydrogen) atoms. The summed E-state index contributed by atoms with van der Waals surface area (Å²) in [5, 5.41) is 14.1. The number of likely N-dealkylation sites (tertiary alicyclic amines) is 1. The molecule has 3 aromatic rings. The van der Waals surface area contributed by atoms with E-state index < -0.39 is 35.6 Å². The molecule has 6 fully saturated rings. The average molecular weight is 887 g/mol. The zero-order valence-corrected chi connectivity index (χ0v) is 36.8. The van der Waals surface area contributed by atoms with Gasteiger partial charge in [0, 0.05) is 69.7 Å². The van der Waals surface area contributed by atoms with E-state index in [4.69, 9.17) is 10.7 Å². The lowest BCUT2D eigenvalue weighted by Gasteiger charge is -2.38. The fourth-order valence-corrected chi connectivity index (χ4v) is 11.4. The maximum Gasteiger partial charge on any atom is 0.320 e. The van der Waals surface area contributed by atoms with Crippen LogP contribution in [-0.4, -0.2) is 147 Å². The summed E-state index contributed by atoms with van der Waals surface area (Å²) in [5.41, 5.74) is 9.26. The number of rotatable bonds is 11. The number of piperidine rings is 4. The first-order chi connectivity index (χ1) is 31.6. The Bertz CT molecular complexity index is 2360. The SMILES string of the molecule is NC(=O)c1nnc(N2CCCC(N3CCN(C4CCCC4)C3=O)C2)nc1Nc1ccc(C2CCN(CC3CCN(c4ccc5c(c4)C(=O)N(C4CCC(=O)NC4=O)C5=O)CC3)CC2)cc1. The number of anilines is 4. The third kappa shape index (κ3) is 8.59.